The molecule has 0 spiro atoms. The smallest absolute Gasteiger partial charge is 0.203 e. The third kappa shape index (κ3) is 3.54. The molecular weight excluding hydrogens is 309 g/mol. The Kier molecular flexibility index (Phi) is 5.33. The molecule has 0 heterocycles. The van der Waals surface area contributed by atoms with Crippen molar-refractivity contribution < 1.29 is 18.6 Å². The lowest BCUT2D eigenvalue weighted by atomic mass is 10.1. The SMILES string of the molecule is COc1cc(CNc2ccc(F)c(Cl)c2)cc(OC)c1OC. The van der Waals surface area contributed by atoms with E-state index in [2.05, 4.69) is 5.32 Å². The summed E-state index contributed by atoms with van der Waals surface area (Å²) in [5.74, 6) is 1.25. The lowest BCUT2D eigenvalue weighted by Gasteiger charge is -2.15. The van der Waals surface area contributed by atoms with Gasteiger partial charge in [-0.25, -0.2) is 4.39 Å². The van der Waals surface area contributed by atoms with E-state index in [0.29, 0.717) is 23.8 Å². The molecule has 0 radical (unpaired) electrons. The van der Waals surface area contributed by atoms with Crippen LogP contribution in [0.25, 0.3) is 0 Å². The Balaban J connectivity index is 2.20. The van der Waals surface area contributed by atoms with E-state index < -0.39 is 5.82 Å². The first kappa shape index (κ1) is 16.2. The molecular formula is C16H17ClFNO3. The predicted molar refractivity (Wildman–Crippen MR) is 84.8 cm³/mol. The molecule has 118 valence electrons. The third-order valence-corrected chi connectivity index (χ3v) is 3.43. The van der Waals surface area contributed by atoms with Crippen LogP contribution in [0.4, 0.5) is 10.1 Å². The average Bonchev–Trinajstić information content (AvgIpc) is 2.54. The Labute approximate surface area is 133 Å². The van der Waals surface area contributed by atoms with Crippen LogP contribution in [0.1, 0.15) is 5.56 Å². The molecule has 2 aromatic rings. The van der Waals surface area contributed by atoms with Crippen molar-refractivity contribution in [2.75, 3.05) is 26.6 Å². The van der Waals surface area contributed by atoms with Crippen LogP contribution in [-0.4, -0.2) is 21.3 Å². The normalized spacial score (nSPS) is 10.2. The van der Waals surface area contributed by atoms with Crippen LogP contribution in [0.5, 0.6) is 17.2 Å². The number of nitrogens with one attached hydrogen (secondary N) is 1. The molecule has 4 nitrogen and oxygen atoms in total. The molecule has 0 aliphatic rings. The minimum atomic E-state index is -0.444. The molecule has 0 aliphatic carbocycles. The highest BCUT2D eigenvalue weighted by molar-refractivity contribution is 6.31. The van der Waals surface area contributed by atoms with Crippen LogP contribution in [0.3, 0.4) is 0 Å². The van der Waals surface area contributed by atoms with Crippen molar-refractivity contribution in [2.24, 2.45) is 0 Å². The van der Waals surface area contributed by atoms with E-state index in [1.165, 1.54) is 12.1 Å². The van der Waals surface area contributed by atoms with Crippen molar-refractivity contribution in [1.29, 1.82) is 0 Å². The zero-order valence-corrected chi connectivity index (χ0v) is 13.3. The van der Waals surface area contributed by atoms with E-state index in [1.807, 2.05) is 12.1 Å². The number of rotatable bonds is 6. The predicted octanol–water partition coefficient (Wildman–Crippen LogP) is 4.12. The summed E-state index contributed by atoms with van der Waals surface area (Å²) >= 11 is 5.76. The van der Waals surface area contributed by atoms with Crippen molar-refractivity contribution >= 4 is 17.3 Å². The molecule has 0 saturated heterocycles. The first-order valence-electron chi connectivity index (χ1n) is 6.56. The minimum absolute atomic E-state index is 0.0786. The highest BCUT2D eigenvalue weighted by Crippen LogP contribution is 2.38. The van der Waals surface area contributed by atoms with Crippen molar-refractivity contribution in [2.45, 2.75) is 6.54 Å². The van der Waals surface area contributed by atoms with Crippen molar-refractivity contribution in [1.82, 2.24) is 0 Å². The number of methoxy groups -OCH3 is 3. The molecule has 0 unspecified atom stereocenters. The van der Waals surface area contributed by atoms with Gasteiger partial charge in [0.05, 0.1) is 26.4 Å². The van der Waals surface area contributed by atoms with E-state index in [0.717, 1.165) is 11.3 Å². The van der Waals surface area contributed by atoms with E-state index in [-0.39, 0.29) is 5.02 Å². The molecule has 1 N–H and O–H groups in total. The molecule has 2 rings (SSSR count). The summed E-state index contributed by atoms with van der Waals surface area (Å²) in [6.07, 6.45) is 0. The zero-order chi connectivity index (χ0) is 16.1. The van der Waals surface area contributed by atoms with Crippen LogP contribution in [0, 0.1) is 5.82 Å². The zero-order valence-electron chi connectivity index (χ0n) is 12.6. The maximum Gasteiger partial charge on any atom is 0.203 e. The van der Waals surface area contributed by atoms with Gasteiger partial charge in [0, 0.05) is 12.2 Å². The lowest BCUT2D eigenvalue weighted by molar-refractivity contribution is 0.324. The maximum atomic E-state index is 13.1. The van der Waals surface area contributed by atoms with Crippen molar-refractivity contribution in [3.63, 3.8) is 0 Å². The quantitative estimate of drug-likeness (QED) is 0.867. The fraction of sp³-hybridized carbons (Fsp3) is 0.250. The highest BCUT2D eigenvalue weighted by atomic mass is 35.5. The highest BCUT2D eigenvalue weighted by Gasteiger charge is 2.13. The number of hydrogen-bond donors (Lipinski definition) is 1. The summed E-state index contributed by atoms with van der Waals surface area (Å²) < 4.78 is 29.0. The van der Waals surface area contributed by atoms with E-state index in [4.69, 9.17) is 25.8 Å². The molecule has 0 fully saturated rings. The van der Waals surface area contributed by atoms with Crippen LogP contribution in [0.2, 0.25) is 5.02 Å². The summed E-state index contributed by atoms with van der Waals surface area (Å²) in [6, 6.07) is 8.17. The van der Waals surface area contributed by atoms with Gasteiger partial charge in [0.2, 0.25) is 5.75 Å². The molecule has 0 saturated carbocycles. The van der Waals surface area contributed by atoms with Gasteiger partial charge in [-0.15, -0.1) is 0 Å². The molecule has 0 aliphatic heterocycles. The topological polar surface area (TPSA) is 39.7 Å². The lowest BCUT2D eigenvalue weighted by Crippen LogP contribution is -2.02. The molecule has 2 aromatic carbocycles. The fourth-order valence-corrected chi connectivity index (χ4v) is 2.23. The van der Waals surface area contributed by atoms with Crippen LogP contribution >= 0.6 is 11.6 Å². The van der Waals surface area contributed by atoms with Gasteiger partial charge >= 0.3 is 0 Å². The number of ether oxygens (including phenoxy) is 3. The number of hydrogen-bond acceptors (Lipinski definition) is 4. The van der Waals surface area contributed by atoms with Gasteiger partial charge in [-0.3, -0.25) is 0 Å². The first-order chi connectivity index (χ1) is 10.6. The Morgan fingerprint density at radius 3 is 2.14 bits per heavy atom. The van der Waals surface area contributed by atoms with Gasteiger partial charge in [0.25, 0.3) is 0 Å². The molecule has 0 bridgehead atoms. The number of anilines is 1. The molecule has 22 heavy (non-hydrogen) atoms. The molecule has 0 atom stereocenters. The van der Waals surface area contributed by atoms with E-state index >= 15 is 0 Å². The van der Waals surface area contributed by atoms with Crippen LogP contribution in [-0.2, 0) is 6.54 Å². The number of halogens is 2. The van der Waals surface area contributed by atoms with Gasteiger partial charge in [-0.05, 0) is 35.9 Å². The van der Waals surface area contributed by atoms with Gasteiger partial charge in [-0.1, -0.05) is 11.6 Å². The van der Waals surface area contributed by atoms with Gasteiger partial charge in [0.1, 0.15) is 5.82 Å². The second kappa shape index (κ2) is 7.22. The molecule has 0 aromatic heterocycles. The Morgan fingerprint density at radius 1 is 1.00 bits per heavy atom. The fourth-order valence-electron chi connectivity index (χ4n) is 2.05. The second-order valence-corrected chi connectivity index (χ2v) is 4.92. The Morgan fingerprint density at radius 2 is 1.64 bits per heavy atom. The van der Waals surface area contributed by atoms with Gasteiger partial charge in [0.15, 0.2) is 11.5 Å². The first-order valence-corrected chi connectivity index (χ1v) is 6.94. The minimum Gasteiger partial charge on any atom is -0.493 e. The summed E-state index contributed by atoms with van der Waals surface area (Å²) in [6.45, 7) is 0.499. The van der Waals surface area contributed by atoms with Crippen molar-refractivity contribution in [3.05, 3.63) is 46.7 Å². The molecule has 0 amide bonds. The standard InChI is InChI=1S/C16H17ClFNO3/c1-20-14-6-10(7-15(21-2)16(14)22-3)9-19-11-4-5-13(18)12(17)8-11/h4-8,19H,9H2,1-3H3. The summed E-state index contributed by atoms with van der Waals surface area (Å²) in [4.78, 5) is 0. The van der Waals surface area contributed by atoms with Gasteiger partial charge in [-0.2, -0.15) is 0 Å². The second-order valence-electron chi connectivity index (χ2n) is 4.52. The van der Waals surface area contributed by atoms with Gasteiger partial charge < -0.3 is 19.5 Å². The van der Waals surface area contributed by atoms with Crippen molar-refractivity contribution in [3.8, 4) is 17.2 Å². The Bertz CT molecular complexity index is 639. The molecule has 6 heteroatoms. The summed E-state index contributed by atoms with van der Waals surface area (Å²) in [5, 5.41) is 3.24. The maximum absolute atomic E-state index is 13.1. The summed E-state index contributed by atoms with van der Waals surface area (Å²) in [5.41, 5.74) is 1.65. The summed E-state index contributed by atoms with van der Waals surface area (Å²) in [7, 11) is 4.68. The Hall–Kier alpha value is -2.14. The van der Waals surface area contributed by atoms with E-state index in [9.17, 15) is 4.39 Å². The number of benzene rings is 2. The van der Waals surface area contributed by atoms with Crippen LogP contribution in [0.15, 0.2) is 30.3 Å². The largest absolute Gasteiger partial charge is 0.493 e. The monoisotopic (exact) mass is 325 g/mol. The van der Waals surface area contributed by atoms with E-state index in [1.54, 1.807) is 27.4 Å². The third-order valence-electron chi connectivity index (χ3n) is 3.14. The van der Waals surface area contributed by atoms with Crippen LogP contribution < -0.4 is 19.5 Å². The average molecular weight is 326 g/mol.